The molecule has 2 aromatic rings. The van der Waals surface area contributed by atoms with Gasteiger partial charge in [-0.05, 0) is 55.2 Å². The lowest BCUT2D eigenvalue weighted by Crippen LogP contribution is -2.26. The highest BCUT2D eigenvalue weighted by Crippen LogP contribution is 2.19. The van der Waals surface area contributed by atoms with E-state index < -0.39 is 0 Å². The Morgan fingerprint density at radius 1 is 1.18 bits per heavy atom. The monoisotopic (exact) mass is 297 g/mol. The minimum Gasteiger partial charge on any atom is -0.496 e. The van der Waals surface area contributed by atoms with Crippen LogP contribution in [0.2, 0.25) is 0 Å². The summed E-state index contributed by atoms with van der Waals surface area (Å²) in [6.45, 7) is 6.06. The first-order chi connectivity index (χ1) is 10.5. The number of carbonyl (C=O) groups excluding carboxylic acids is 1. The highest BCUT2D eigenvalue weighted by Gasteiger charge is 2.12. The average Bonchev–Trinajstić information content (AvgIpc) is 2.54. The molecule has 0 unspecified atom stereocenters. The van der Waals surface area contributed by atoms with Crippen molar-refractivity contribution >= 4 is 5.91 Å². The van der Waals surface area contributed by atoms with Gasteiger partial charge in [0, 0.05) is 5.56 Å². The summed E-state index contributed by atoms with van der Waals surface area (Å²) in [5.74, 6) is 0.720. The van der Waals surface area contributed by atoms with Crippen LogP contribution in [0.25, 0.3) is 0 Å². The summed E-state index contributed by atoms with van der Waals surface area (Å²) >= 11 is 0. The van der Waals surface area contributed by atoms with Crippen molar-refractivity contribution in [3.8, 4) is 5.75 Å². The van der Waals surface area contributed by atoms with E-state index in [9.17, 15) is 4.79 Å². The van der Waals surface area contributed by atoms with Crippen LogP contribution in [0.3, 0.4) is 0 Å². The summed E-state index contributed by atoms with van der Waals surface area (Å²) in [4.78, 5) is 12.4. The van der Waals surface area contributed by atoms with Gasteiger partial charge in [0.1, 0.15) is 5.75 Å². The Morgan fingerprint density at radius 2 is 1.86 bits per heavy atom. The topological polar surface area (TPSA) is 38.3 Å². The fourth-order valence-corrected chi connectivity index (χ4v) is 2.42. The van der Waals surface area contributed by atoms with Crippen LogP contribution < -0.4 is 10.1 Å². The van der Waals surface area contributed by atoms with Crippen molar-refractivity contribution in [1.29, 1.82) is 0 Å². The maximum Gasteiger partial charge on any atom is 0.251 e. The zero-order valence-corrected chi connectivity index (χ0v) is 13.6. The minimum atomic E-state index is -0.0715. The molecule has 1 amide bonds. The second-order valence-electron chi connectivity index (χ2n) is 5.47. The molecule has 0 fully saturated rings. The second-order valence-corrected chi connectivity index (χ2v) is 5.47. The Bertz CT molecular complexity index is 647. The van der Waals surface area contributed by atoms with E-state index in [2.05, 4.69) is 36.5 Å². The summed E-state index contributed by atoms with van der Waals surface area (Å²) < 4.78 is 5.22. The van der Waals surface area contributed by atoms with Gasteiger partial charge in [-0.3, -0.25) is 4.79 Å². The maximum absolute atomic E-state index is 12.4. The maximum atomic E-state index is 12.4. The molecule has 0 aliphatic rings. The Kier molecular flexibility index (Phi) is 5.21. The number of nitrogens with one attached hydrogen (secondary N) is 1. The van der Waals surface area contributed by atoms with E-state index in [1.54, 1.807) is 13.2 Å². The van der Waals surface area contributed by atoms with Crippen LogP contribution in [-0.2, 0) is 6.42 Å². The molecule has 1 atom stereocenters. The van der Waals surface area contributed by atoms with Crippen molar-refractivity contribution in [2.75, 3.05) is 7.11 Å². The van der Waals surface area contributed by atoms with E-state index in [0.717, 1.165) is 23.3 Å². The molecule has 0 heterocycles. The number of aryl methyl sites for hydroxylation is 2. The van der Waals surface area contributed by atoms with Crippen LogP contribution in [-0.4, -0.2) is 13.0 Å². The zero-order chi connectivity index (χ0) is 16.1. The fraction of sp³-hybridized carbons (Fsp3) is 0.316. The van der Waals surface area contributed by atoms with Crippen molar-refractivity contribution in [3.63, 3.8) is 0 Å². The molecule has 0 aliphatic heterocycles. The highest BCUT2D eigenvalue weighted by molar-refractivity contribution is 5.94. The van der Waals surface area contributed by atoms with Gasteiger partial charge in [-0.2, -0.15) is 0 Å². The number of ether oxygens (including phenoxy) is 1. The van der Waals surface area contributed by atoms with Crippen LogP contribution in [0.15, 0.2) is 42.5 Å². The molecule has 22 heavy (non-hydrogen) atoms. The van der Waals surface area contributed by atoms with Gasteiger partial charge in [0.25, 0.3) is 5.91 Å². The summed E-state index contributed by atoms with van der Waals surface area (Å²) in [5.41, 5.74) is 4.01. The van der Waals surface area contributed by atoms with Gasteiger partial charge in [-0.15, -0.1) is 0 Å². The van der Waals surface area contributed by atoms with E-state index in [-0.39, 0.29) is 11.9 Å². The summed E-state index contributed by atoms with van der Waals surface area (Å²) in [7, 11) is 1.63. The number of hydrogen-bond acceptors (Lipinski definition) is 2. The lowest BCUT2D eigenvalue weighted by molar-refractivity contribution is 0.0940. The molecule has 116 valence electrons. The summed E-state index contributed by atoms with van der Waals surface area (Å²) in [6, 6.07) is 13.8. The summed E-state index contributed by atoms with van der Waals surface area (Å²) in [5, 5.41) is 3.03. The lowest BCUT2D eigenvalue weighted by atomic mass is 10.0. The van der Waals surface area contributed by atoms with E-state index in [1.165, 1.54) is 5.56 Å². The van der Waals surface area contributed by atoms with Crippen LogP contribution in [0.1, 0.15) is 46.9 Å². The van der Waals surface area contributed by atoms with Crippen molar-refractivity contribution in [1.82, 2.24) is 5.32 Å². The number of methoxy groups -OCH3 is 1. The number of rotatable bonds is 5. The largest absolute Gasteiger partial charge is 0.496 e. The Labute approximate surface area is 132 Å². The van der Waals surface area contributed by atoms with Crippen LogP contribution >= 0.6 is 0 Å². The smallest absolute Gasteiger partial charge is 0.251 e. The molecule has 2 aromatic carbocycles. The molecular formula is C19H23NO2. The molecule has 1 N–H and O–H groups in total. The van der Waals surface area contributed by atoms with Crippen molar-refractivity contribution in [3.05, 3.63) is 64.7 Å². The van der Waals surface area contributed by atoms with Gasteiger partial charge in [0.15, 0.2) is 0 Å². The average molecular weight is 297 g/mol. The molecule has 0 saturated carbocycles. The van der Waals surface area contributed by atoms with Crippen LogP contribution in [0.4, 0.5) is 0 Å². The van der Waals surface area contributed by atoms with Crippen molar-refractivity contribution in [2.24, 2.45) is 0 Å². The number of amides is 1. The third-order valence-electron chi connectivity index (χ3n) is 3.89. The first kappa shape index (κ1) is 16.1. The Morgan fingerprint density at radius 3 is 2.41 bits per heavy atom. The molecule has 0 aromatic heterocycles. The Balaban J connectivity index is 2.08. The third kappa shape index (κ3) is 3.67. The highest BCUT2D eigenvalue weighted by atomic mass is 16.5. The molecule has 0 bridgehead atoms. The fourth-order valence-electron chi connectivity index (χ4n) is 2.42. The van der Waals surface area contributed by atoms with Gasteiger partial charge in [0.2, 0.25) is 0 Å². The van der Waals surface area contributed by atoms with Gasteiger partial charge < -0.3 is 10.1 Å². The predicted molar refractivity (Wildman–Crippen MR) is 89.4 cm³/mol. The van der Waals surface area contributed by atoms with Crippen LogP contribution in [0, 0.1) is 6.92 Å². The molecule has 0 saturated heterocycles. The minimum absolute atomic E-state index is 0.0270. The first-order valence-corrected chi connectivity index (χ1v) is 7.59. The van der Waals surface area contributed by atoms with Crippen molar-refractivity contribution in [2.45, 2.75) is 33.2 Å². The quantitative estimate of drug-likeness (QED) is 0.904. The number of hydrogen-bond donors (Lipinski definition) is 1. The first-order valence-electron chi connectivity index (χ1n) is 7.59. The second kappa shape index (κ2) is 7.12. The SMILES string of the molecule is CCc1ccc([C@@H](C)NC(=O)c2ccc(OC)c(C)c2)cc1. The van der Waals surface area contributed by atoms with Gasteiger partial charge in [-0.25, -0.2) is 0 Å². The van der Waals surface area contributed by atoms with E-state index in [4.69, 9.17) is 4.74 Å². The Hall–Kier alpha value is -2.29. The summed E-state index contributed by atoms with van der Waals surface area (Å²) in [6.07, 6.45) is 1.02. The normalized spacial score (nSPS) is 11.8. The van der Waals surface area contributed by atoms with Gasteiger partial charge >= 0.3 is 0 Å². The zero-order valence-electron chi connectivity index (χ0n) is 13.6. The van der Waals surface area contributed by atoms with E-state index >= 15 is 0 Å². The van der Waals surface area contributed by atoms with E-state index in [0.29, 0.717) is 5.56 Å². The lowest BCUT2D eigenvalue weighted by Gasteiger charge is -2.15. The molecule has 3 nitrogen and oxygen atoms in total. The molecular weight excluding hydrogens is 274 g/mol. The van der Waals surface area contributed by atoms with E-state index in [1.807, 2.05) is 26.0 Å². The number of carbonyl (C=O) groups is 1. The molecule has 0 radical (unpaired) electrons. The van der Waals surface area contributed by atoms with Gasteiger partial charge in [-0.1, -0.05) is 31.2 Å². The number of benzene rings is 2. The third-order valence-corrected chi connectivity index (χ3v) is 3.89. The molecule has 0 spiro atoms. The van der Waals surface area contributed by atoms with Crippen LogP contribution in [0.5, 0.6) is 5.75 Å². The van der Waals surface area contributed by atoms with Crippen molar-refractivity contribution < 1.29 is 9.53 Å². The molecule has 3 heteroatoms. The molecule has 2 rings (SSSR count). The van der Waals surface area contributed by atoms with Gasteiger partial charge in [0.05, 0.1) is 13.2 Å². The predicted octanol–water partition coefficient (Wildman–Crippen LogP) is 4.06. The standard InChI is InChI=1S/C19H23NO2/c1-5-15-6-8-16(9-7-15)14(3)20-19(21)17-10-11-18(22-4)13(2)12-17/h6-12,14H,5H2,1-4H3,(H,20,21)/t14-/m1/s1. The molecule has 0 aliphatic carbocycles.